The molecule has 1 aliphatic heterocycles. The van der Waals surface area contributed by atoms with Gasteiger partial charge in [0.25, 0.3) is 0 Å². The van der Waals surface area contributed by atoms with Crippen LogP contribution in [0.2, 0.25) is 0 Å². The summed E-state index contributed by atoms with van der Waals surface area (Å²) in [6.07, 6.45) is 0.194. The number of hydrogen-bond donors (Lipinski definition) is 1. The molecule has 2 aromatic heterocycles. The Balaban J connectivity index is 1.69. The van der Waals surface area contributed by atoms with E-state index in [2.05, 4.69) is 21.5 Å². The molecule has 0 unspecified atom stereocenters. The first-order valence-corrected chi connectivity index (χ1v) is 9.84. The molecule has 0 aliphatic carbocycles. The normalized spacial score (nSPS) is 16.2. The lowest BCUT2D eigenvalue weighted by Gasteiger charge is -2.24. The Kier molecular flexibility index (Phi) is 3.80. The second kappa shape index (κ2) is 6.24. The topological polar surface area (TPSA) is 59.8 Å². The zero-order valence-corrected chi connectivity index (χ0v) is 16.2. The highest BCUT2D eigenvalue weighted by molar-refractivity contribution is 7.20. The zero-order chi connectivity index (χ0) is 19.4. The number of nitrogens with zero attached hydrogens (tertiary/aromatic N) is 3. The maximum absolute atomic E-state index is 14.5. The average Bonchev–Trinajstić information content (AvgIpc) is 3.22. The van der Waals surface area contributed by atoms with E-state index in [0.717, 1.165) is 27.0 Å². The number of carbonyl (C=O) groups is 1. The monoisotopic (exact) mass is 392 g/mol. The fourth-order valence-corrected chi connectivity index (χ4v) is 4.84. The molecule has 3 heterocycles. The lowest BCUT2D eigenvalue weighted by atomic mass is 9.85. The minimum Gasteiger partial charge on any atom is -0.310 e. The molecule has 0 bridgehead atoms. The lowest BCUT2D eigenvalue weighted by molar-refractivity contribution is -0.116. The van der Waals surface area contributed by atoms with Crippen molar-refractivity contribution in [2.24, 2.45) is 0 Å². The first kappa shape index (κ1) is 17.1. The van der Waals surface area contributed by atoms with E-state index in [1.54, 1.807) is 22.9 Å². The summed E-state index contributed by atoms with van der Waals surface area (Å²) in [5, 5.41) is 8.26. The third kappa shape index (κ3) is 2.62. The number of halogens is 1. The zero-order valence-electron chi connectivity index (χ0n) is 15.4. The molecule has 0 saturated heterocycles. The Morgan fingerprint density at radius 1 is 1.21 bits per heavy atom. The van der Waals surface area contributed by atoms with Crippen molar-refractivity contribution in [3.05, 3.63) is 70.7 Å². The molecule has 28 heavy (non-hydrogen) atoms. The lowest BCUT2D eigenvalue weighted by Crippen LogP contribution is -2.25. The van der Waals surface area contributed by atoms with E-state index in [1.165, 1.54) is 17.4 Å². The number of anilines is 1. The van der Waals surface area contributed by atoms with E-state index in [1.807, 2.05) is 26.0 Å². The van der Waals surface area contributed by atoms with Gasteiger partial charge in [-0.3, -0.25) is 4.79 Å². The second-order valence-corrected chi connectivity index (χ2v) is 8.06. The molecule has 7 heteroatoms. The number of amides is 1. The molecule has 1 amide bonds. The van der Waals surface area contributed by atoms with Gasteiger partial charge in [0.15, 0.2) is 0 Å². The van der Waals surface area contributed by atoms with Crippen molar-refractivity contribution >= 4 is 33.3 Å². The van der Waals surface area contributed by atoms with Crippen LogP contribution in [0.4, 0.5) is 10.2 Å². The Labute approximate surface area is 164 Å². The van der Waals surface area contributed by atoms with Crippen LogP contribution in [0.5, 0.6) is 0 Å². The molecular formula is C21H17FN4OS. The van der Waals surface area contributed by atoms with Crippen molar-refractivity contribution < 1.29 is 9.18 Å². The molecule has 0 radical (unpaired) electrons. The summed E-state index contributed by atoms with van der Waals surface area (Å²) in [4.78, 5) is 17.1. The molecule has 0 saturated carbocycles. The number of rotatable bonds is 2. The summed E-state index contributed by atoms with van der Waals surface area (Å²) in [7, 11) is 0. The maximum Gasteiger partial charge on any atom is 0.226 e. The SMILES string of the molecule is Cc1ccc2nc(-n3nc(C)c4c3NC(=O)C[C@@H]4c3ccccc3F)sc2c1. The fraction of sp³-hybridized carbons (Fsp3) is 0.190. The van der Waals surface area contributed by atoms with Crippen LogP contribution in [0.15, 0.2) is 42.5 Å². The van der Waals surface area contributed by atoms with Crippen LogP contribution >= 0.6 is 11.3 Å². The van der Waals surface area contributed by atoms with E-state index >= 15 is 0 Å². The number of thiazole rings is 1. The van der Waals surface area contributed by atoms with E-state index in [4.69, 9.17) is 0 Å². The van der Waals surface area contributed by atoms with E-state index < -0.39 is 0 Å². The Bertz CT molecular complexity index is 1240. The number of benzene rings is 2. The predicted octanol–water partition coefficient (Wildman–Crippen LogP) is 4.71. The predicted molar refractivity (Wildman–Crippen MR) is 108 cm³/mol. The average molecular weight is 392 g/mol. The minimum atomic E-state index is -0.365. The highest BCUT2D eigenvalue weighted by Gasteiger charge is 2.34. The van der Waals surface area contributed by atoms with Gasteiger partial charge >= 0.3 is 0 Å². The number of hydrogen-bond acceptors (Lipinski definition) is 4. The molecule has 1 atom stereocenters. The first-order chi connectivity index (χ1) is 13.5. The Morgan fingerprint density at radius 2 is 2.04 bits per heavy atom. The summed E-state index contributed by atoms with van der Waals surface area (Å²) in [5.41, 5.74) is 4.18. The highest BCUT2D eigenvalue weighted by atomic mass is 32.1. The van der Waals surface area contributed by atoms with Crippen molar-refractivity contribution in [3.8, 4) is 5.13 Å². The van der Waals surface area contributed by atoms with Crippen LogP contribution < -0.4 is 5.32 Å². The van der Waals surface area contributed by atoms with Crippen molar-refractivity contribution in [1.29, 1.82) is 0 Å². The third-order valence-corrected chi connectivity index (χ3v) is 6.09. The van der Waals surface area contributed by atoms with E-state index in [9.17, 15) is 9.18 Å². The number of aryl methyl sites for hydroxylation is 2. The smallest absolute Gasteiger partial charge is 0.226 e. The number of aromatic nitrogens is 3. The van der Waals surface area contributed by atoms with Crippen molar-refractivity contribution in [3.63, 3.8) is 0 Å². The van der Waals surface area contributed by atoms with Crippen LogP contribution in [-0.4, -0.2) is 20.7 Å². The number of carbonyl (C=O) groups excluding carboxylic acids is 1. The molecule has 4 aromatic rings. The van der Waals surface area contributed by atoms with Crippen molar-refractivity contribution in [2.45, 2.75) is 26.2 Å². The van der Waals surface area contributed by atoms with Gasteiger partial charge in [0.05, 0.1) is 15.9 Å². The van der Waals surface area contributed by atoms with Gasteiger partial charge in [0, 0.05) is 17.9 Å². The Morgan fingerprint density at radius 3 is 2.86 bits per heavy atom. The maximum atomic E-state index is 14.5. The van der Waals surface area contributed by atoms with Gasteiger partial charge < -0.3 is 5.32 Å². The van der Waals surface area contributed by atoms with Crippen molar-refractivity contribution in [2.75, 3.05) is 5.32 Å². The highest BCUT2D eigenvalue weighted by Crippen LogP contribution is 2.41. The number of fused-ring (bicyclic) bond motifs is 2. The van der Waals surface area contributed by atoms with E-state index in [-0.39, 0.29) is 24.1 Å². The van der Waals surface area contributed by atoms with Gasteiger partial charge in [-0.15, -0.1) is 0 Å². The third-order valence-electron chi connectivity index (χ3n) is 5.10. The Hall–Kier alpha value is -3.06. The summed E-state index contributed by atoms with van der Waals surface area (Å²) in [6, 6.07) is 12.7. The minimum absolute atomic E-state index is 0.154. The van der Waals surface area contributed by atoms with Crippen LogP contribution in [0.25, 0.3) is 15.3 Å². The first-order valence-electron chi connectivity index (χ1n) is 9.02. The van der Waals surface area contributed by atoms with Crippen LogP contribution in [0.3, 0.4) is 0 Å². The largest absolute Gasteiger partial charge is 0.310 e. The molecule has 0 fully saturated rings. The van der Waals surface area contributed by atoms with E-state index in [0.29, 0.717) is 16.5 Å². The van der Waals surface area contributed by atoms with Gasteiger partial charge in [-0.2, -0.15) is 9.78 Å². The summed E-state index contributed by atoms with van der Waals surface area (Å²) in [6.45, 7) is 3.93. The molecule has 2 aromatic carbocycles. The van der Waals surface area contributed by atoms with Crippen LogP contribution in [0, 0.1) is 19.7 Å². The molecule has 140 valence electrons. The van der Waals surface area contributed by atoms with Gasteiger partial charge in [-0.25, -0.2) is 9.37 Å². The van der Waals surface area contributed by atoms with Gasteiger partial charge in [0.1, 0.15) is 11.6 Å². The molecular weight excluding hydrogens is 375 g/mol. The van der Waals surface area contributed by atoms with Gasteiger partial charge in [-0.05, 0) is 43.2 Å². The van der Waals surface area contributed by atoms with Crippen LogP contribution in [-0.2, 0) is 4.79 Å². The quantitative estimate of drug-likeness (QED) is 0.537. The molecule has 5 nitrogen and oxygen atoms in total. The number of nitrogens with one attached hydrogen (secondary N) is 1. The molecule has 1 N–H and O–H groups in total. The fourth-order valence-electron chi connectivity index (χ4n) is 3.82. The summed E-state index contributed by atoms with van der Waals surface area (Å²) < 4.78 is 17.2. The molecule has 5 rings (SSSR count). The molecule has 0 spiro atoms. The van der Waals surface area contributed by atoms with Gasteiger partial charge in [0.2, 0.25) is 11.0 Å². The summed E-state index contributed by atoms with van der Waals surface area (Å²) in [5.74, 6) is -0.247. The second-order valence-electron chi connectivity index (χ2n) is 7.05. The van der Waals surface area contributed by atoms with Crippen LogP contribution in [0.1, 0.15) is 34.7 Å². The van der Waals surface area contributed by atoms with Crippen molar-refractivity contribution in [1.82, 2.24) is 14.8 Å². The molecule has 1 aliphatic rings. The summed E-state index contributed by atoms with van der Waals surface area (Å²) >= 11 is 1.52. The van der Waals surface area contributed by atoms with Gasteiger partial charge in [-0.1, -0.05) is 35.6 Å². The standard InChI is InChI=1S/C21H17FN4OS/c1-11-7-8-16-17(9-11)28-21(23-16)26-20-19(12(2)25-26)14(10-18(27)24-20)13-5-3-4-6-15(13)22/h3-9,14H,10H2,1-2H3,(H,24,27)/t14-/m1/s1.